The lowest BCUT2D eigenvalue weighted by molar-refractivity contribution is -0.137. The number of alkyl halides is 3. The minimum Gasteiger partial charge on any atom is -0.496 e. The Labute approximate surface area is 124 Å². The van der Waals surface area contributed by atoms with Gasteiger partial charge in [0.05, 0.1) is 13.2 Å². The van der Waals surface area contributed by atoms with Gasteiger partial charge in [-0.3, -0.25) is 0 Å². The molecule has 0 bridgehead atoms. The molecule has 0 saturated carbocycles. The van der Waals surface area contributed by atoms with Crippen molar-refractivity contribution >= 4 is 11.3 Å². The molecule has 114 valence electrons. The van der Waals surface area contributed by atoms with Crippen LogP contribution >= 0.6 is 11.3 Å². The monoisotopic (exact) mass is 316 g/mol. The molecule has 0 aliphatic carbocycles. The third-order valence-corrected chi connectivity index (χ3v) is 4.02. The van der Waals surface area contributed by atoms with E-state index in [0.29, 0.717) is 28.5 Å². The van der Waals surface area contributed by atoms with E-state index in [2.05, 4.69) is 10.3 Å². The third kappa shape index (κ3) is 3.54. The summed E-state index contributed by atoms with van der Waals surface area (Å²) in [5.41, 5.74) is 0.791. The number of para-hydroxylation sites is 1. The van der Waals surface area contributed by atoms with E-state index < -0.39 is 11.2 Å². The number of nitrogens with one attached hydrogen (secondary N) is 1. The molecule has 1 N–H and O–H groups in total. The molecule has 0 spiro atoms. The van der Waals surface area contributed by atoms with Crippen LogP contribution < -0.4 is 10.1 Å². The van der Waals surface area contributed by atoms with Gasteiger partial charge in [-0.2, -0.15) is 13.2 Å². The van der Waals surface area contributed by atoms with Crippen molar-refractivity contribution < 1.29 is 17.9 Å². The number of halogens is 3. The van der Waals surface area contributed by atoms with Crippen molar-refractivity contribution in [3.63, 3.8) is 0 Å². The molecule has 3 nitrogen and oxygen atoms in total. The number of hydrogen-bond donors (Lipinski definition) is 1. The highest BCUT2D eigenvalue weighted by Gasteiger charge is 2.35. The van der Waals surface area contributed by atoms with Crippen LogP contribution in [0.4, 0.5) is 13.2 Å². The van der Waals surface area contributed by atoms with E-state index in [9.17, 15) is 13.2 Å². The summed E-state index contributed by atoms with van der Waals surface area (Å²) in [5.74, 6) is 0.630. The number of methoxy groups -OCH3 is 1. The standard InChI is InChI=1S/C14H15F3N2OS/c1-3-18-12(9-6-4-5-7-10(9)20-2)11-8-19-13(21-11)14(15,16)17/h4-8,12,18H,3H2,1-2H3. The molecule has 0 radical (unpaired) electrons. The summed E-state index contributed by atoms with van der Waals surface area (Å²) in [6.07, 6.45) is -3.15. The summed E-state index contributed by atoms with van der Waals surface area (Å²) in [6.45, 7) is 2.51. The number of hydrogen-bond acceptors (Lipinski definition) is 4. The zero-order valence-corrected chi connectivity index (χ0v) is 12.4. The predicted molar refractivity (Wildman–Crippen MR) is 75.6 cm³/mol. The number of ether oxygens (including phenoxy) is 1. The van der Waals surface area contributed by atoms with Gasteiger partial charge in [-0.05, 0) is 12.6 Å². The number of aromatic nitrogens is 1. The minimum absolute atomic E-state index is 0.375. The maximum atomic E-state index is 12.7. The van der Waals surface area contributed by atoms with E-state index in [1.807, 2.05) is 25.1 Å². The fourth-order valence-corrected chi connectivity index (χ4v) is 2.90. The van der Waals surface area contributed by atoms with Crippen LogP contribution in [0.2, 0.25) is 0 Å². The second-order valence-corrected chi connectivity index (χ2v) is 5.36. The first-order chi connectivity index (χ1) is 9.97. The number of rotatable bonds is 5. The molecule has 1 aromatic carbocycles. The van der Waals surface area contributed by atoms with Crippen molar-refractivity contribution in [2.45, 2.75) is 19.1 Å². The maximum absolute atomic E-state index is 12.7. The predicted octanol–water partition coefficient (Wildman–Crippen LogP) is 3.87. The molecule has 7 heteroatoms. The van der Waals surface area contributed by atoms with Gasteiger partial charge in [0.2, 0.25) is 0 Å². The zero-order valence-electron chi connectivity index (χ0n) is 11.6. The molecule has 2 rings (SSSR count). The van der Waals surface area contributed by atoms with Gasteiger partial charge in [-0.1, -0.05) is 25.1 Å². The molecular weight excluding hydrogens is 301 g/mol. The number of thiazole rings is 1. The summed E-state index contributed by atoms with van der Waals surface area (Å²) >= 11 is 0.648. The summed E-state index contributed by atoms with van der Waals surface area (Å²) in [4.78, 5) is 3.99. The first kappa shape index (κ1) is 15.8. The van der Waals surface area contributed by atoms with Gasteiger partial charge in [0.1, 0.15) is 5.75 Å². The second-order valence-electron chi connectivity index (χ2n) is 4.30. The van der Waals surface area contributed by atoms with Crippen molar-refractivity contribution in [2.75, 3.05) is 13.7 Å². The van der Waals surface area contributed by atoms with Gasteiger partial charge >= 0.3 is 6.18 Å². The molecule has 1 atom stereocenters. The Hall–Kier alpha value is -1.60. The van der Waals surface area contributed by atoms with E-state index in [4.69, 9.17) is 4.74 Å². The molecule has 21 heavy (non-hydrogen) atoms. The fourth-order valence-electron chi connectivity index (χ4n) is 2.02. The van der Waals surface area contributed by atoms with E-state index in [1.54, 1.807) is 6.07 Å². The van der Waals surface area contributed by atoms with Crippen LogP contribution in [0.25, 0.3) is 0 Å². The molecule has 0 fully saturated rings. The van der Waals surface area contributed by atoms with Crippen molar-refractivity contribution in [3.8, 4) is 5.75 Å². The van der Waals surface area contributed by atoms with E-state index >= 15 is 0 Å². The summed E-state index contributed by atoms with van der Waals surface area (Å²) < 4.78 is 43.4. The molecule has 0 saturated heterocycles. The third-order valence-electron chi connectivity index (χ3n) is 2.91. The molecule has 2 aromatic rings. The maximum Gasteiger partial charge on any atom is 0.443 e. The Kier molecular flexibility index (Phi) is 4.84. The zero-order chi connectivity index (χ0) is 15.5. The summed E-state index contributed by atoms with van der Waals surface area (Å²) in [5, 5.41) is 2.34. The van der Waals surface area contributed by atoms with Crippen molar-refractivity contribution in [3.05, 3.63) is 45.9 Å². The smallest absolute Gasteiger partial charge is 0.443 e. The highest BCUT2D eigenvalue weighted by Crippen LogP contribution is 2.37. The fraction of sp³-hybridized carbons (Fsp3) is 0.357. The molecule has 0 aliphatic rings. The lowest BCUT2D eigenvalue weighted by Crippen LogP contribution is -2.21. The van der Waals surface area contributed by atoms with Crippen LogP contribution in [-0.4, -0.2) is 18.6 Å². The Balaban J connectivity index is 2.41. The SMILES string of the molecule is CCNC(c1cnc(C(F)(F)F)s1)c1ccccc1OC. The van der Waals surface area contributed by atoms with Gasteiger partial charge in [0, 0.05) is 16.6 Å². The van der Waals surface area contributed by atoms with Crippen molar-refractivity contribution in [1.29, 1.82) is 0 Å². The lowest BCUT2D eigenvalue weighted by Gasteiger charge is -2.19. The van der Waals surface area contributed by atoms with Gasteiger partial charge in [-0.15, -0.1) is 11.3 Å². The number of nitrogens with zero attached hydrogens (tertiary/aromatic N) is 1. The molecule has 1 unspecified atom stereocenters. The van der Waals surface area contributed by atoms with Crippen LogP contribution in [0, 0.1) is 0 Å². The van der Waals surface area contributed by atoms with Crippen molar-refractivity contribution in [1.82, 2.24) is 10.3 Å². The van der Waals surface area contributed by atoms with Gasteiger partial charge in [0.25, 0.3) is 0 Å². The van der Waals surface area contributed by atoms with Crippen LogP contribution in [0.5, 0.6) is 5.75 Å². The molecule has 0 aliphatic heterocycles. The normalized spacial score (nSPS) is 13.2. The highest BCUT2D eigenvalue weighted by atomic mass is 32.1. The topological polar surface area (TPSA) is 34.2 Å². The van der Waals surface area contributed by atoms with E-state index in [1.165, 1.54) is 13.3 Å². The van der Waals surface area contributed by atoms with Crippen molar-refractivity contribution in [2.24, 2.45) is 0 Å². The van der Waals surface area contributed by atoms with Crippen LogP contribution in [-0.2, 0) is 6.18 Å². The number of benzene rings is 1. The van der Waals surface area contributed by atoms with E-state index in [0.717, 1.165) is 5.56 Å². The first-order valence-corrected chi connectivity index (χ1v) is 7.18. The Bertz CT molecular complexity index is 598. The molecule has 1 aromatic heterocycles. The molecule has 1 heterocycles. The Morgan fingerprint density at radius 1 is 1.33 bits per heavy atom. The largest absolute Gasteiger partial charge is 0.496 e. The van der Waals surface area contributed by atoms with Crippen LogP contribution in [0.3, 0.4) is 0 Å². The summed E-state index contributed by atoms with van der Waals surface area (Å²) in [6, 6.07) is 6.89. The first-order valence-electron chi connectivity index (χ1n) is 6.36. The van der Waals surface area contributed by atoms with Crippen LogP contribution in [0.1, 0.15) is 28.4 Å². The Morgan fingerprint density at radius 3 is 2.62 bits per heavy atom. The average molecular weight is 316 g/mol. The molecule has 0 amide bonds. The quantitative estimate of drug-likeness (QED) is 0.909. The Morgan fingerprint density at radius 2 is 2.05 bits per heavy atom. The van der Waals surface area contributed by atoms with Crippen LogP contribution in [0.15, 0.2) is 30.5 Å². The van der Waals surface area contributed by atoms with E-state index in [-0.39, 0.29) is 6.04 Å². The van der Waals surface area contributed by atoms with Gasteiger partial charge in [0.15, 0.2) is 5.01 Å². The summed E-state index contributed by atoms with van der Waals surface area (Å²) in [7, 11) is 1.54. The lowest BCUT2D eigenvalue weighted by atomic mass is 10.0. The van der Waals surface area contributed by atoms with Gasteiger partial charge in [-0.25, -0.2) is 4.98 Å². The molecular formula is C14H15F3N2OS. The highest BCUT2D eigenvalue weighted by molar-refractivity contribution is 7.11. The van der Waals surface area contributed by atoms with Gasteiger partial charge < -0.3 is 10.1 Å². The second kappa shape index (κ2) is 6.44. The average Bonchev–Trinajstić information content (AvgIpc) is 2.94. The minimum atomic E-state index is -4.42.